The molecule has 0 saturated heterocycles. The third-order valence-corrected chi connectivity index (χ3v) is 4.14. The van der Waals surface area contributed by atoms with E-state index in [0.29, 0.717) is 11.3 Å². The van der Waals surface area contributed by atoms with Gasteiger partial charge in [0.1, 0.15) is 17.8 Å². The van der Waals surface area contributed by atoms with Crippen LogP contribution in [0.5, 0.6) is 11.5 Å². The van der Waals surface area contributed by atoms with Gasteiger partial charge in [0, 0.05) is 11.6 Å². The number of carbonyl (C=O) groups excluding carboxylic acids is 2. The zero-order valence-corrected chi connectivity index (χ0v) is 14.8. The quantitative estimate of drug-likeness (QED) is 0.391. The molecule has 0 radical (unpaired) electrons. The van der Waals surface area contributed by atoms with Crippen LogP contribution in [0.25, 0.3) is 17.2 Å². The second-order valence-corrected chi connectivity index (χ2v) is 5.95. The normalized spacial score (nSPS) is 10.7. The van der Waals surface area contributed by atoms with Crippen LogP contribution in [0.4, 0.5) is 0 Å². The maximum atomic E-state index is 12.4. The van der Waals surface area contributed by atoms with Gasteiger partial charge in [-0.2, -0.15) is 0 Å². The van der Waals surface area contributed by atoms with Crippen LogP contribution in [0.2, 0.25) is 0 Å². The highest BCUT2D eigenvalue weighted by Crippen LogP contribution is 2.25. The summed E-state index contributed by atoms with van der Waals surface area (Å²) >= 11 is 0. The molecule has 0 aliphatic carbocycles. The van der Waals surface area contributed by atoms with Crippen LogP contribution >= 0.6 is 0 Å². The fourth-order valence-electron chi connectivity index (χ4n) is 2.72. The van der Waals surface area contributed by atoms with Crippen molar-refractivity contribution in [1.82, 2.24) is 0 Å². The minimum Gasteiger partial charge on any atom is -0.507 e. The van der Waals surface area contributed by atoms with Gasteiger partial charge < -0.3 is 9.84 Å². The highest BCUT2D eigenvalue weighted by atomic mass is 16.5. The molecule has 4 nitrogen and oxygen atoms in total. The number of phenols is 1. The number of rotatable bonds is 6. The molecule has 3 aromatic carbocycles. The first-order chi connectivity index (χ1) is 13.1. The van der Waals surface area contributed by atoms with E-state index in [-0.39, 0.29) is 17.1 Å². The Labute approximate surface area is 157 Å². The van der Waals surface area contributed by atoms with Crippen molar-refractivity contribution in [2.75, 3.05) is 7.11 Å². The molecule has 0 amide bonds. The number of phenolic OH excluding ortho intramolecular Hbond substituents is 1. The summed E-state index contributed by atoms with van der Waals surface area (Å²) in [5, 5.41) is 9.97. The summed E-state index contributed by atoms with van der Waals surface area (Å²) in [7, 11) is 1.49. The van der Waals surface area contributed by atoms with Gasteiger partial charge in [-0.15, -0.1) is 0 Å². The summed E-state index contributed by atoms with van der Waals surface area (Å²) in [6.07, 6.45) is 3.93. The van der Waals surface area contributed by atoms with Gasteiger partial charge in [-0.1, -0.05) is 42.5 Å². The summed E-state index contributed by atoms with van der Waals surface area (Å²) in [6, 6.07) is 19.5. The molecule has 0 aliphatic rings. The van der Waals surface area contributed by atoms with Gasteiger partial charge in [0.2, 0.25) is 0 Å². The third kappa shape index (κ3) is 4.30. The Balaban J connectivity index is 1.83. The Kier molecular flexibility index (Phi) is 5.47. The van der Waals surface area contributed by atoms with E-state index in [2.05, 4.69) is 0 Å². The Morgan fingerprint density at radius 3 is 2.22 bits per heavy atom. The zero-order valence-electron chi connectivity index (χ0n) is 14.8. The third-order valence-electron chi connectivity index (χ3n) is 4.14. The van der Waals surface area contributed by atoms with Crippen LogP contribution in [-0.4, -0.2) is 24.3 Å². The lowest BCUT2D eigenvalue weighted by atomic mass is 10.0. The van der Waals surface area contributed by atoms with Crippen LogP contribution in [-0.2, 0) is 0 Å². The zero-order chi connectivity index (χ0) is 19.2. The van der Waals surface area contributed by atoms with E-state index in [4.69, 9.17) is 4.74 Å². The number of hydrogen-bond acceptors (Lipinski definition) is 4. The number of ether oxygens (including phenoxy) is 1. The number of benzene rings is 3. The van der Waals surface area contributed by atoms with Crippen LogP contribution in [0.3, 0.4) is 0 Å². The van der Waals surface area contributed by atoms with Crippen LogP contribution in [0.1, 0.15) is 26.3 Å². The predicted octanol–water partition coefficient (Wildman–Crippen LogP) is 4.78. The van der Waals surface area contributed by atoms with E-state index < -0.39 is 0 Å². The van der Waals surface area contributed by atoms with E-state index in [0.717, 1.165) is 23.0 Å². The number of methoxy groups -OCH3 is 1. The van der Waals surface area contributed by atoms with Gasteiger partial charge >= 0.3 is 0 Å². The molecule has 0 atom stereocenters. The summed E-state index contributed by atoms with van der Waals surface area (Å²) in [6.45, 7) is 0. The first kappa shape index (κ1) is 18.1. The van der Waals surface area contributed by atoms with Crippen LogP contribution < -0.4 is 4.74 Å². The van der Waals surface area contributed by atoms with Gasteiger partial charge in [-0.25, -0.2) is 0 Å². The molecule has 0 heterocycles. The van der Waals surface area contributed by atoms with Gasteiger partial charge in [-0.05, 0) is 47.0 Å². The minimum absolute atomic E-state index is 0.122. The summed E-state index contributed by atoms with van der Waals surface area (Å²) < 4.78 is 5.02. The van der Waals surface area contributed by atoms with E-state index in [1.807, 2.05) is 42.5 Å². The van der Waals surface area contributed by atoms with Crippen LogP contribution in [0.15, 0.2) is 72.8 Å². The van der Waals surface area contributed by atoms with E-state index in [9.17, 15) is 14.7 Å². The van der Waals surface area contributed by atoms with Crippen molar-refractivity contribution in [3.05, 3.63) is 89.5 Å². The van der Waals surface area contributed by atoms with Gasteiger partial charge in [-0.3, -0.25) is 9.59 Å². The van der Waals surface area contributed by atoms with E-state index in [1.165, 1.54) is 25.3 Å². The van der Waals surface area contributed by atoms with Crippen molar-refractivity contribution in [3.8, 4) is 22.6 Å². The van der Waals surface area contributed by atoms with Gasteiger partial charge in [0.15, 0.2) is 5.78 Å². The minimum atomic E-state index is -0.302. The number of aromatic hydroxyl groups is 1. The molecular formula is C23H18O4. The highest BCUT2D eigenvalue weighted by Gasteiger charge is 2.09. The van der Waals surface area contributed by atoms with Crippen molar-refractivity contribution < 1.29 is 19.4 Å². The number of aldehydes is 1. The molecule has 0 aromatic heterocycles. The van der Waals surface area contributed by atoms with Gasteiger partial charge in [0.05, 0.1) is 12.7 Å². The largest absolute Gasteiger partial charge is 0.507 e. The molecule has 3 rings (SSSR count). The Hall–Kier alpha value is -3.66. The Morgan fingerprint density at radius 2 is 1.59 bits per heavy atom. The summed E-state index contributed by atoms with van der Waals surface area (Å²) in [5.41, 5.74) is 3.53. The molecule has 4 heteroatoms. The second kappa shape index (κ2) is 8.15. The first-order valence-corrected chi connectivity index (χ1v) is 8.36. The second-order valence-electron chi connectivity index (χ2n) is 5.95. The Bertz CT molecular complexity index is 1020. The highest BCUT2D eigenvalue weighted by molar-refractivity contribution is 6.08. The standard InChI is InChI=1S/C23H18O4/c1-27-20-9-10-21(23(26)14-20)22(25)11-8-16-4-2-6-18(12-16)19-7-3-5-17(13-19)15-24/h2-15,26H,1H3. The SMILES string of the molecule is COc1ccc(C(=O)C=Cc2cccc(-c3cccc(C=O)c3)c2)c(O)c1. The van der Waals surface area contributed by atoms with Crippen molar-refractivity contribution in [2.24, 2.45) is 0 Å². The molecule has 27 heavy (non-hydrogen) atoms. The number of allylic oxidation sites excluding steroid dienone is 1. The molecule has 0 bridgehead atoms. The van der Waals surface area contributed by atoms with E-state index in [1.54, 1.807) is 18.2 Å². The fourth-order valence-corrected chi connectivity index (χ4v) is 2.72. The predicted molar refractivity (Wildman–Crippen MR) is 105 cm³/mol. The van der Waals surface area contributed by atoms with Crippen molar-refractivity contribution in [3.63, 3.8) is 0 Å². The monoisotopic (exact) mass is 358 g/mol. The molecule has 134 valence electrons. The maximum Gasteiger partial charge on any atom is 0.189 e. The molecule has 0 fully saturated rings. The van der Waals surface area contributed by atoms with Crippen molar-refractivity contribution >= 4 is 18.1 Å². The smallest absolute Gasteiger partial charge is 0.189 e. The first-order valence-electron chi connectivity index (χ1n) is 8.36. The average molecular weight is 358 g/mol. The molecule has 0 saturated carbocycles. The molecular weight excluding hydrogens is 340 g/mol. The lowest BCUT2D eigenvalue weighted by molar-refractivity contribution is 0.104. The van der Waals surface area contributed by atoms with Crippen LogP contribution in [0, 0.1) is 0 Å². The van der Waals surface area contributed by atoms with Crippen molar-refractivity contribution in [2.45, 2.75) is 0 Å². The van der Waals surface area contributed by atoms with E-state index >= 15 is 0 Å². The number of hydrogen-bond donors (Lipinski definition) is 1. The van der Waals surface area contributed by atoms with Crippen molar-refractivity contribution in [1.29, 1.82) is 0 Å². The molecule has 0 aliphatic heterocycles. The lowest BCUT2D eigenvalue weighted by Gasteiger charge is -2.05. The molecule has 3 aromatic rings. The van der Waals surface area contributed by atoms with Gasteiger partial charge in [0.25, 0.3) is 0 Å². The molecule has 0 unspecified atom stereocenters. The Morgan fingerprint density at radius 1 is 0.926 bits per heavy atom. The fraction of sp³-hybridized carbons (Fsp3) is 0.0435. The maximum absolute atomic E-state index is 12.4. The topological polar surface area (TPSA) is 63.6 Å². The summed E-state index contributed by atoms with van der Waals surface area (Å²) in [4.78, 5) is 23.3. The summed E-state index contributed by atoms with van der Waals surface area (Å²) in [5.74, 6) is 0.0604. The average Bonchev–Trinajstić information content (AvgIpc) is 2.72. The molecule has 1 N–H and O–H groups in total. The number of ketones is 1. The molecule has 0 spiro atoms. The lowest BCUT2D eigenvalue weighted by Crippen LogP contribution is -1.95. The number of carbonyl (C=O) groups is 2.